The van der Waals surface area contributed by atoms with Crippen LogP contribution in [0.5, 0.6) is 0 Å². The molecule has 0 radical (unpaired) electrons. The summed E-state index contributed by atoms with van der Waals surface area (Å²) in [5.41, 5.74) is 1.84. The van der Waals surface area contributed by atoms with Crippen molar-refractivity contribution >= 4 is 11.8 Å². The average Bonchev–Trinajstić information content (AvgIpc) is 2.87. The van der Waals surface area contributed by atoms with Crippen LogP contribution in [0.4, 0.5) is 0 Å². The number of benzene rings is 2. The van der Waals surface area contributed by atoms with Gasteiger partial charge in [0.15, 0.2) is 0 Å². The second kappa shape index (κ2) is 15.9. The van der Waals surface area contributed by atoms with Crippen LogP contribution in [-0.2, 0) is 22.4 Å². The van der Waals surface area contributed by atoms with Gasteiger partial charge in [0, 0.05) is 0 Å². The fourth-order valence-corrected chi connectivity index (χ4v) is 5.53. The maximum Gasteiger partial charge on any atom is 0.237 e. The van der Waals surface area contributed by atoms with Gasteiger partial charge in [-0.1, -0.05) is 88.4 Å². The van der Waals surface area contributed by atoms with Crippen LogP contribution in [0.3, 0.4) is 0 Å². The maximum absolute atomic E-state index is 13.4. The molecular formula is C32H50N4O4. The quantitative estimate of drug-likeness (QED) is 0.269. The van der Waals surface area contributed by atoms with Crippen molar-refractivity contribution in [2.75, 3.05) is 28.2 Å². The number of nitrogens with zero attached hydrogens (tertiary/aromatic N) is 2. The Hall–Kier alpha value is -2.78. The molecule has 0 bridgehead atoms. The third-order valence-corrected chi connectivity index (χ3v) is 7.34. The summed E-state index contributed by atoms with van der Waals surface area (Å²) in [4.78, 5) is 30.5. The van der Waals surface area contributed by atoms with Gasteiger partial charge < -0.3 is 20.8 Å². The van der Waals surface area contributed by atoms with Crippen LogP contribution in [0, 0.1) is 11.8 Å². The van der Waals surface area contributed by atoms with Gasteiger partial charge in [-0.15, -0.1) is 0 Å². The fourth-order valence-electron chi connectivity index (χ4n) is 5.53. The molecule has 40 heavy (non-hydrogen) atoms. The van der Waals surface area contributed by atoms with Gasteiger partial charge in [0.1, 0.15) is 12.2 Å². The van der Waals surface area contributed by atoms with Gasteiger partial charge >= 0.3 is 0 Å². The largest absolute Gasteiger partial charge is 0.388 e. The molecular weight excluding hydrogens is 504 g/mol. The number of aliphatic hydroxyl groups excluding tert-OH is 2. The Morgan fingerprint density at radius 3 is 1.18 bits per heavy atom. The Morgan fingerprint density at radius 1 is 0.625 bits per heavy atom. The van der Waals surface area contributed by atoms with Crippen molar-refractivity contribution in [2.45, 2.75) is 76.9 Å². The number of aliphatic hydroxyl groups is 2. The second-order valence-electron chi connectivity index (χ2n) is 11.9. The van der Waals surface area contributed by atoms with E-state index in [9.17, 15) is 19.8 Å². The molecule has 2 unspecified atom stereocenters. The second-order valence-corrected chi connectivity index (χ2v) is 11.9. The van der Waals surface area contributed by atoms with Crippen molar-refractivity contribution in [1.82, 2.24) is 20.4 Å². The number of carbonyl (C=O) groups is 2. The van der Waals surface area contributed by atoms with E-state index in [4.69, 9.17) is 0 Å². The molecule has 0 fully saturated rings. The molecule has 8 heteroatoms. The van der Waals surface area contributed by atoms with E-state index >= 15 is 0 Å². The summed E-state index contributed by atoms with van der Waals surface area (Å²) in [7, 11) is 7.40. The van der Waals surface area contributed by atoms with Crippen LogP contribution in [0.25, 0.3) is 0 Å². The van der Waals surface area contributed by atoms with E-state index in [1.165, 1.54) is 0 Å². The number of amides is 2. The Labute approximate surface area is 240 Å². The van der Waals surface area contributed by atoms with Crippen LogP contribution < -0.4 is 10.6 Å². The molecule has 222 valence electrons. The fraction of sp³-hybridized carbons (Fsp3) is 0.562. The summed E-state index contributed by atoms with van der Waals surface area (Å²) >= 11 is 0. The Balaban J connectivity index is 2.41. The Morgan fingerprint density at radius 2 is 0.925 bits per heavy atom. The van der Waals surface area contributed by atoms with E-state index in [1.807, 2.05) is 126 Å². The Bertz CT molecular complexity index is 930. The predicted molar refractivity (Wildman–Crippen MR) is 161 cm³/mol. The smallest absolute Gasteiger partial charge is 0.237 e. The Kier molecular flexibility index (Phi) is 13.3. The first kappa shape index (κ1) is 33.4. The van der Waals surface area contributed by atoms with E-state index in [0.29, 0.717) is 12.8 Å². The number of likely N-dealkylation sites (N-methyl/N-ethyl adjacent to an activating group) is 2. The van der Waals surface area contributed by atoms with Gasteiger partial charge in [-0.3, -0.25) is 19.4 Å². The van der Waals surface area contributed by atoms with Crippen LogP contribution >= 0.6 is 0 Å². The molecule has 0 saturated carbocycles. The zero-order chi connectivity index (χ0) is 30.0. The molecule has 0 aliphatic rings. The molecule has 0 aliphatic carbocycles. The minimum atomic E-state index is -1.34. The highest BCUT2D eigenvalue weighted by Crippen LogP contribution is 2.17. The molecule has 4 N–H and O–H groups in total. The van der Waals surface area contributed by atoms with Crippen molar-refractivity contribution in [2.24, 2.45) is 11.8 Å². The molecule has 6 atom stereocenters. The summed E-state index contributed by atoms with van der Waals surface area (Å²) < 4.78 is 0. The lowest BCUT2D eigenvalue weighted by Crippen LogP contribution is -2.61. The van der Waals surface area contributed by atoms with Gasteiger partial charge in [0.05, 0.1) is 24.2 Å². The van der Waals surface area contributed by atoms with Crippen molar-refractivity contribution in [3.63, 3.8) is 0 Å². The van der Waals surface area contributed by atoms with Crippen LogP contribution in [0.1, 0.15) is 38.8 Å². The highest BCUT2D eigenvalue weighted by Gasteiger charge is 2.37. The van der Waals surface area contributed by atoms with E-state index in [0.717, 1.165) is 11.1 Å². The molecule has 2 aromatic rings. The first-order valence-corrected chi connectivity index (χ1v) is 14.2. The van der Waals surface area contributed by atoms with E-state index < -0.39 is 36.4 Å². The summed E-state index contributed by atoms with van der Waals surface area (Å²) in [6, 6.07) is 16.8. The monoisotopic (exact) mass is 554 g/mol. The first-order valence-electron chi connectivity index (χ1n) is 14.2. The molecule has 2 rings (SSSR count). The lowest BCUT2D eigenvalue weighted by molar-refractivity contribution is -0.132. The van der Waals surface area contributed by atoms with Crippen molar-refractivity contribution in [1.29, 1.82) is 0 Å². The van der Waals surface area contributed by atoms with E-state index in [2.05, 4.69) is 10.6 Å². The summed E-state index contributed by atoms with van der Waals surface area (Å²) in [5, 5.41) is 29.3. The van der Waals surface area contributed by atoms with Gasteiger partial charge in [0.2, 0.25) is 11.8 Å². The number of hydrogen-bond donors (Lipinski definition) is 4. The lowest BCUT2D eigenvalue weighted by atomic mass is 9.90. The summed E-state index contributed by atoms with van der Waals surface area (Å²) in [6.45, 7) is 7.90. The zero-order valence-corrected chi connectivity index (χ0v) is 25.4. The summed E-state index contributed by atoms with van der Waals surface area (Å²) in [5.74, 6) is -0.358. The van der Waals surface area contributed by atoms with Gasteiger partial charge in [-0.2, -0.15) is 0 Å². The van der Waals surface area contributed by atoms with Gasteiger partial charge in [-0.25, -0.2) is 0 Å². The minimum Gasteiger partial charge on any atom is -0.388 e. The van der Waals surface area contributed by atoms with Gasteiger partial charge in [0.25, 0.3) is 0 Å². The van der Waals surface area contributed by atoms with Crippen LogP contribution in [-0.4, -0.2) is 96.4 Å². The standard InChI is InChI=1S/C32H50N4O4/c1-21(2)27(35(5)6)31(39)33-25(19-23-15-11-9-12-16-23)29(37)30(38)26(20-24-17-13-10-14-18-24)34-32(40)28(22(3)4)36(7)8/h9-18,21-22,25-30,37-38H,19-20H2,1-8H3,(H,33,39)(H,34,40)/t25-,26-,27?,28?,29+,30+/m0/s1. The van der Waals surface area contributed by atoms with Crippen molar-refractivity contribution < 1.29 is 19.8 Å². The SMILES string of the molecule is CC(C)C(C(=O)N[C@@H](Cc1ccccc1)[C@@H](O)[C@H](O)[C@H](Cc1ccccc1)NC(=O)C(C(C)C)N(C)C)N(C)C. The first-order chi connectivity index (χ1) is 18.8. The third-order valence-electron chi connectivity index (χ3n) is 7.34. The molecule has 2 amide bonds. The molecule has 2 aromatic carbocycles. The topological polar surface area (TPSA) is 105 Å². The molecule has 0 saturated heterocycles. The van der Waals surface area contributed by atoms with Crippen molar-refractivity contribution in [3.05, 3.63) is 71.8 Å². The molecule has 0 aliphatic heterocycles. The zero-order valence-electron chi connectivity index (χ0n) is 25.4. The average molecular weight is 555 g/mol. The maximum atomic E-state index is 13.4. The number of rotatable bonds is 15. The van der Waals surface area contributed by atoms with E-state index in [-0.39, 0.29) is 23.7 Å². The van der Waals surface area contributed by atoms with Gasteiger partial charge in [-0.05, 0) is 64.0 Å². The normalized spacial score (nSPS) is 16.4. The van der Waals surface area contributed by atoms with Crippen molar-refractivity contribution in [3.8, 4) is 0 Å². The van der Waals surface area contributed by atoms with E-state index in [1.54, 1.807) is 0 Å². The molecule has 0 aromatic heterocycles. The number of nitrogens with one attached hydrogen (secondary N) is 2. The highest BCUT2D eigenvalue weighted by atomic mass is 16.3. The summed E-state index contributed by atoms with van der Waals surface area (Å²) in [6.07, 6.45) is -2.04. The molecule has 0 spiro atoms. The lowest BCUT2D eigenvalue weighted by Gasteiger charge is -2.36. The number of hydrogen-bond acceptors (Lipinski definition) is 6. The molecule has 8 nitrogen and oxygen atoms in total. The third kappa shape index (κ3) is 9.70. The van der Waals surface area contributed by atoms with Crippen LogP contribution in [0.2, 0.25) is 0 Å². The molecule has 0 heterocycles. The highest BCUT2D eigenvalue weighted by molar-refractivity contribution is 5.83. The minimum absolute atomic E-state index is 0.0403. The van der Waals surface area contributed by atoms with Crippen LogP contribution in [0.15, 0.2) is 60.7 Å². The predicted octanol–water partition coefficient (Wildman–Crippen LogP) is 2.34. The number of carbonyl (C=O) groups excluding carboxylic acids is 2.